The minimum atomic E-state index is -2.74. The predicted octanol–water partition coefficient (Wildman–Crippen LogP) is 0.962. The highest BCUT2D eigenvalue weighted by molar-refractivity contribution is 5.88. The van der Waals surface area contributed by atoms with Gasteiger partial charge in [-0.3, -0.25) is 9.59 Å². The molecule has 1 fully saturated rings. The number of furan rings is 1. The lowest BCUT2D eigenvalue weighted by Gasteiger charge is -2.18. The van der Waals surface area contributed by atoms with Gasteiger partial charge in [0.25, 0.3) is 0 Å². The summed E-state index contributed by atoms with van der Waals surface area (Å²) in [6.07, 6.45) is 4.59. The van der Waals surface area contributed by atoms with E-state index in [1.54, 1.807) is 6.26 Å². The van der Waals surface area contributed by atoms with E-state index in [1.807, 2.05) is 6.07 Å². The first-order valence-electron chi connectivity index (χ1n) is 8.27. The fraction of sp³-hybridized carbons (Fsp3) is 0.588. The van der Waals surface area contributed by atoms with Gasteiger partial charge in [0.2, 0.25) is 0 Å². The minimum Gasteiger partial charge on any atom is -0.481 e. The summed E-state index contributed by atoms with van der Waals surface area (Å²) in [5.41, 5.74) is -2.74. The standard InChI is InChI=1S/C11H17NO.C6H8O7/c1-12-11-6-2-4-9(11)8-10-5-3-7-13-10;7-3(8)1-6(13,5(11)12)2-4(9)10/h3,5,7,9,11-12H,2,4,6,8H2,1H3;13H,1-2H2,(H,7,8)(H,9,10)(H,11,12). The van der Waals surface area contributed by atoms with Crippen LogP contribution in [0.3, 0.4) is 0 Å². The second kappa shape index (κ2) is 9.93. The maximum atomic E-state index is 10.3. The van der Waals surface area contributed by atoms with Crippen LogP contribution < -0.4 is 5.32 Å². The van der Waals surface area contributed by atoms with Gasteiger partial charge in [-0.05, 0) is 37.9 Å². The van der Waals surface area contributed by atoms with Crippen molar-refractivity contribution in [2.24, 2.45) is 5.92 Å². The highest BCUT2D eigenvalue weighted by atomic mass is 16.4. The summed E-state index contributed by atoms with van der Waals surface area (Å²) in [7, 11) is 2.06. The first kappa shape index (κ1) is 21.7. The van der Waals surface area contributed by atoms with E-state index in [0.717, 1.165) is 18.1 Å². The quantitative estimate of drug-likeness (QED) is 0.449. The highest BCUT2D eigenvalue weighted by Crippen LogP contribution is 2.28. The van der Waals surface area contributed by atoms with Gasteiger partial charge in [-0.1, -0.05) is 6.42 Å². The molecule has 5 N–H and O–H groups in total. The Hall–Kier alpha value is -2.39. The van der Waals surface area contributed by atoms with Crippen LogP contribution in [0, 0.1) is 5.92 Å². The molecule has 0 aromatic carbocycles. The summed E-state index contributed by atoms with van der Waals surface area (Å²) in [5.74, 6) is -3.11. The Balaban J connectivity index is 0.000000260. The van der Waals surface area contributed by atoms with Crippen molar-refractivity contribution >= 4 is 17.9 Å². The molecule has 1 aliphatic rings. The Bertz CT molecular complexity index is 582. The van der Waals surface area contributed by atoms with Crippen LogP contribution in [0.4, 0.5) is 0 Å². The van der Waals surface area contributed by atoms with Crippen molar-refractivity contribution in [3.05, 3.63) is 24.2 Å². The van der Waals surface area contributed by atoms with Crippen LogP contribution >= 0.6 is 0 Å². The Morgan fingerprint density at radius 3 is 2.23 bits per heavy atom. The molecule has 0 saturated heterocycles. The number of aliphatic hydroxyl groups is 1. The molecular formula is C17H25NO8. The van der Waals surface area contributed by atoms with Crippen molar-refractivity contribution in [2.75, 3.05) is 7.05 Å². The number of rotatable bonds is 8. The number of carboxylic acid groups (broad SMARTS) is 3. The van der Waals surface area contributed by atoms with Crippen molar-refractivity contribution in [1.82, 2.24) is 5.32 Å². The highest BCUT2D eigenvalue weighted by Gasteiger charge is 2.40. The van der Waals surface area contributed by atoms with Gasteiger partial charge >= 0.3 is 17.9 Å². The zero-order valence-electron chi connectivity index (χ0n) is 14.6. The summed E-state index contributed by atoms with van der Waals surface area (Å²) >= 11 is 0. The van der Waals surface area contributed by atoms with E-state index in [9.17, 15) is 14.4 Å². The third-order valence-corrected chi connectivity index (χ3v) is 4.36. The van der Waals surface area contributed by atoms with Gasteiger partial charge in [0.05, 0.1) is 19.1 Å². The lowest BCUT2D eigenvalue weighted by molar-refractivity contribution is -0.170. The van der Waals surface area contributed by atoms with Crippen molar-refractivity contribution in [3.8, 4) is 0 Å². The van der Waals surface area contributed by atoms with Crippen LogP contribution in [-0.2, 0) is 20.8 Å². The van der Waals surface area contributed by atoms with Gasteiger partial charge in [-0.2, -0.15) is 0 Å². The monoisotopic (exact) mass is 371 g/mol. The van der Waals surface area contributed by atoms with Gasteiger partial charge < -0.3 is 30.2 Å². The van der Waals surface area contributed by atoms with Crippen molar-refractivity contribution in [1.29, 1.82) is 0 Å². The number of nitrogens with one attached hydrogen (secondary N) is 1. The number of aliphatic carboxylic acids is 3. The summed E-state index contributed by atoms with van der Waals surface area (Å²) in [5, 5.41) is 37.2. The molecule has 2 atom stereocenters. The molecule has 0 spiro atoms. The molecule has 2 unspecified atom stereocenters. The van der Waals surface area contributed by atoms with Gasteiger partial charge in [0, 0.05) is 12.5 Å². The maximum absolute atomic E-state index is 10.3. The average molecular weight is 371 g/mol. The number of hydrogen-bond acceptors (Lipinski definition) is 6. The minimum absolute atomic E-state index is 0.699. The third kappa shape index (κ3) is 6.85. The molecule has 0 amide bonds. The summed E-state index contributed by atoms with van der Waals surface area (Å²) in [4.78, 5) is 30.5. The number of hydrogen-bond donors (Lipinski definition) is 5. The summed E-state index contributed by atoms with van der Waals surface area (Å²) in [6.45, 7) is 0. The second-order valence-electron chi connectivity index (χ2n) is 6.35. The normalized spacial score (nSPS) is 19.5. The summed E-state index contributed by atoms with van der Waals surface area (Å²) < 4.78 is 5.36. The van der Waals surface area contributed by atoms with Crippen LogP contribution in [0.15, 0.2) is 22.8 Å². The first-order chi connectivity index (χ1) is 12.2. The Kier molecular flexibility index (Phi) is 8.27. The number of carbonyl (C=O) groups is 3. The number of carboxylic acids is 3. The predicted molar refractivity (Wildman–Crippen MR) is 89.7 cm³/mol. The van der Waals surface area contributed by atoms with E-state index in [1.165, 1.54) is 19.3 Å². The zero-order chi connectivity index (χ0) is 19.7. The van der Waals surface area contributed by atoms with E-state index >= 15 is 0 Å². The van der Waals surface area contributed by atoms with Crippen LogP contribution in [0.2, 0.25) is 0 Å². The lowest BCUT2D eigenvalue weighted by Crippen LogP contribution is -2.42. The molecule has 9 nitrogen and oxygen atoms in total. The fourth-order valence-corrected chi connectivity index (χ4v) is 3.06. The molecule has 1 saturated carbocycles. The molecule has 1 heterocycles. The van der Waals surface area contributed by atoms with Crippen molar-refractivity contribution in [3.63, 3.8) is 0 Å². The van der Waals surface area contributed by atoms with E-state index in [-0.39, 0.29) is 0 Å². The van der Waals surface area contributed by atoms with Crippen molar-refractivity contribution in [2.45, 2.75) is 50.2 Å². The molecule has 1 aromatic heterocycles. The molecule has 0 aliphatic heterocycles. The van der Waals surface area contributed by atoms with E-state index < -0.39 is 36.4 Å². The van der Waals surface area contributed by atoms with Crippen LogP contribution in [0.1, 0.15) is 37.9 Å². The molecular weight excluding hydrogens is 346 g/mol. The summed E-state index contributed by atoms with van der Waals surface area (Å²) in [6, 6.07) is 4.74. The molecule has 1 aromatic rings. The first-order valence-corrected chi connectivity index (χ1v) is 8.27. The molecule has 1 aliphatic carbocycles. The van der Waals surface area contributed by atoms with Gasteiger partial charge in [0.1, 0.15) is 5.76 Å². The molecule has 9 heteroatoms. The van der Waals surface area contributed by atoms with Crippen LogP contribution in [-0.4, -0.2) is 57.0 Å². The molecule has 146 valence electrons. The Morgan fingerprint density at radius 1 is 1.19 bits per heavy atom. The van der Waals surface area contributed by atoms with Crippen molar-refractivity contribution < 1.29 is 39.2 Å². The third-order valence-electron chi connectivity index (χ3n) is 4.36. The average Bonchev–Trinajstić information content (AvgIpc) is 3.18. The van der Waals surface area contributed by atoms with E-state index in [4.69, 9.17) is 24.8 Å². The second-order valence-corrected chi connectivity index (χ2v) is 6.35. The molecule has 26 heavy (non-hydrogen) atoms. The maximum Gasteiger partial charge on any atom is 0.336 e. The smallest absolute Gasteiger partial charge is 0.336 e. The largest absolute Gasteiger partial charge is 0.481 e. The van der Waals surface area contributed by atoms with Gasteiger partial charge in [-0.15, -0.1) is 0 Å². The SMILES string of the molecule is CNC1CCCC1Cc1ccco1.O=C(O)CC(O)(CC(=O)O)C(=O)O. The topological polar surface area (TPSA) is 157 Å². The molecule has 0 radical (unpaired) electrons. The van der Waals surface area contributed by atoms with Gasteiger partial charge in [0.15, 0.2) is 5.60 Å². The fourth-order valence-electron chi connectivity index (χ4n) is 3.06. The van der Waals surface area contributed by atoms with Crippen LogP contribution in [0.25, 0.3) is 0 Å². The lowest BCUT2D eigenvalue weighted by atomic mass is 9.96. The molecule has 2 rings (SSSR count). The zero-order valence-corrected chi connectivity index (χ0v) is 14.6. The Morgan fingerprint density at radius 2 is 1.81 bits per heavy atom. The van der Waals surface area contributed by atoms with Crippen LogP contribution in [0.5, 0.6) is 0 Å². The van der Waals surface area contributed by atoms with E-state index in [2.05, 4.69) is 18.4 Å². The molecule has 0 bridgehead atoms. The van der Waals surface area contributed by atoms with E-state index in [0.29, 0.717) is 6.04 Å². The van der Waals surface area contributed by atoms with Gasteiger partial charge in [-0.25, -0.2) is 4.79 Å². The Labute approximate surface area is 150 Å².